The maximum atomic E-state index is 6.82. The third-order valence-corrected chi connectivity index (χ3v) is 11.8. The third-order valence-electron chi connectivity index (χ3n) is 11.8. The lowest BCUT2D eigenvalue weighted by Gasteiger charge is -2.15. The Hall–Kier alpha value is -7.10. The van der Waals surface area contributed by atoms with Crippen molar-refractivity contribution in [3.05, 3.63) is 170 Å². The summed E-state index contributed by atoms with van der Waals surface area (Å²) in [6.07, 6.45) is 0. The number of fused-ring (bicyclic) bond motifs is 15. The maximum Gasteiger partial charge on any atom is 0.160 e. The van der Waals surface area contributed by atoms with Crippen LogP contribution >= 0.6 is 0 Å². The highest BCUT2D eigenvalue weighted by atomic mass is 16.3. The Morgan fingerprint density at radius 3 is 1.85 bits per heavy atom. The lowest BCUT2D eigenvalue weighted by molar-refractivity contribution is 0.671. The molecule has 0 bridgehead atoms. The summed E-state index contributed by atoms with van der Waals surface area (Å²) in [5, 5.41) is 12.1. The summed E-state index contributed by atoms with van der Waals surface area (Å²) in [6.45, 7) is 0. The normalized spacial score (nSPS) is 12.5. The van der Waals surface area contributed by atoms with Gasteiger partial charge in [0.15, 0.2) is 5.58 Å². The van der Waals surface area contributed by atoms with Gasteiger partial charge in [0, 0.05) is 43.4 Å². The number of rotatable bonds is 2. The minimum Gasteiger partial charge on any atom is -0.454 e. The van der Waals surface area contributed by atoms with Gasteiger partial charge in [0.1, 0.15) is 5.58 Å². The second-order valence-corrected chi connectivity index (χ2v) is 14.4. The lowest BCUT2D eigenvalue weighted by atomic mass is 10.0. The molecular weight excluding hydrogens is 645 g/mol. The van der Waals surface area contributed by atoms with E-state index in [-0.39, 0.29) is 0 Å². The van der Waals surface area contributed by atoms with Crippen LogP contribution in [0.5, 0.6) is 0 Å². The number of hydrogen-bond donors (Lipinski definition) is 0. The molecule has 0 fully saturated rings. The zero-order valence-corrected chi connectivity index (χ0v) is 28.5. The molecule has 53 heavy (non-hydrogen) atoms. The van der Waals surface area contributed by atoms with Crippen LogP contribution in [-0.4, -0.2) is 9.13 Å². The van der Waals surface area contributed by atoms with E-state index in [1.165, 1.54) is 87.6 Å². The molecule has 0 saturated heterocycles. The van der Waals surface area contributed by atoms with E-state index in [4.69, 9.17) is 4.42 Å². The van der Waals surface area contributed by atoms with Gasteiger partial charge in [0.05, 0.1) is 27.8 Å². The molecule has 0 saturated carbocycles. The van der Waals surface area contributed by atoms with Crippen molar-refractivity contribution in [2.24, 2.45) is 0 Å². The first-order chi connectivity index (χ1) is 26.3. The Kier molecular flexibility index (Phi) is 5.11. The fourth-order valence-electron chi connectivity index (χ4n) is 9.62. The Morgan fingerprint density at radius 2 is 0.981 bits per heavy atom. The van der Waals surface area contributed by atoms with E-state index >= 15 is 0 Å². The molecule has 1 aliphatic rings. The van der Waals surface area contributed by atoms with Gasteiger partial charge in [-0.1, -0.05) is 133 Å². The Morgan fingerprint density at radius 1 is 0.358 bits per heavy atom. The van der Waals surface area contributed by atoms with Gasteiger partial charge in [-0.3, -0.25) is 0 Å². The van der Waals surface area contributed by atoms with Crippen molar-refractivity contribution in [1.82, 2.24) is 9.13 Å². The smallest absolute Gasteiger partial charge is 0.160 e. The second-order valence-electron chi connectivity index (χ2n) is 14.4. The molecule has 0 unspecified atom stereocenters. The third kappa shape index (κ3) is 3.44. The van der Waals surface area contributed by atoms with E-state index in [1.807, 2.05) is 0 Å². The molecule has 0 amide bonds. The molecule has 3 aromatic heterocycles. The molecule has 3 nitrogen and oxygen atoms in total. The van der Waals surface area contributed by atoms with Crippen molar-refractivity contribution < 1.29 is 4.42 Å². The minimum absolute atomic E-state index is 0.901. The quantitative estimate of drug-likeness (QED) is 0.179. The largest absolute Gasteiger partial charge is 0.454 e. The van der Waals surface area contributed by atoms with E-state index in [0.717, 1.165) is 33.1 Å². The van der Waals surface area contributed by atoms with Crippen LogP contribution in [0.2, 0.25) is 0 Å². The van der Waals surface area contributed by atoms with Gasteiger partial charge in [-0.05, 0) is 74.8 Å². The predicted molar refractivity (Wildman–Crippen MR) is 222 cm³/mol. The summed E-state index contributed by atoms with van der Waals surface area (Å²) in [5.74, 6) is 0. The highest BCUT2D eigenvalue weighted by molar-refractivity contribution is 6.28. The molecule has 9 aromatic carbocycles. The first-order valence-electron chi connectivity index (χ1n) is 18.3. The summed E-state index contributed by atoms with van der Waals surface area (Å²) in [7, 11) is 0. The van der Waals surface area contributed by atoms with Crippen molar-refractivity contribution in [1.29, 1.82) is 0 Å². The molecule has 3 heteroatoms. The Bertz CT molecular complexity index is 3540. The number of hydrogen-bond acceptors (Lipinski definition) is 1. The van der Waals surface area contributed by atoms with Crippen LogP contribution in [-0.2, 0) is 0 Å². The van der Waals surface area contributed by atoms with Gasteiger partial charge in [-0.25, -0.2) is 0 Å². The molecule has 3 heterocycles. The number of benzene rings is 9. The fourth-order valence-corrected chi connectivity index (χ4v) is 9.62. The number of nitrogens with zero attached hydrogens (tertiary/aromatic N) is 2. The maximum absolute atomic E-state index is 6.82. The van der Waals surface area contributed by atoms with E-state index in [2.05, 4.69) is 179 Å². The van der Waals surface area contributed by atoms with Gasteiger partial charge in [0.25, 0.3) is 0 Å². The van der Waals surface area contributed by atoms with E-state index in [9.17, 15) is 0 Å². The molecule has 12 aromatic rings. The van der Waals surface area contributed by atoms with E-state index in [0.29, 0.717) is 0 Å². The van der Waals surface area contributed by atoms with Crippen LogP contribution in [0.15, 0.2) is 174 Å². The molecule has 0 radical (unpaired) electrons. The van der Waals surface area contributed by atoms with E-state index < -0.39 is 0 Å². The van der Waals surface area contributed by atoms with Gasteiger partial charge in [-0.15, -0.1) is 0 Å². The minimum atomic E-state index is 0.901. The van der Waals surface area contributed by atoms with Crippen molar-refractivity contribution in [2.75, 3.05) is 0 Å². The first-order valence-corrected chi connectivity index (χ1v) is 18.3. The van der Waals surface area contributed by atoms with Crippen LogP contribution in [0.3, 0.4) is 0 Å². The van der Waals surface area contributed by atoms with Gasteiger partial charge < -0.3 is 13.6 Å². The van der Waals surface area contributed by atoms with Crippen LogP contribution in [0, 0.1) is 0 Å². The van der Waals surface area contributed by atoms with Crippen LogP contribution in [0.1, 0.15) is 0 Å². The summed E-state index contributed by atoms with van der Waals surface area (Å²) in [5.41, 5.74) is 14.0. The highest BCUT2D eigenvalue weighted by Gasteiger charge is 2.27. The summed E-state index contributed by atoms with van der Waals surface area (Å²) >= 11 is 0. The lowest BCUT2D eigenvalue weighted by Crippen LogP contribution is -2.00. The molecule has 0 atom stereocenters. The summed E-state index contributed by atoms with van der Waals surface area (Å²) in [4.78, 5) is 0. The predicted octanol–water partition coefficient (Wildman–Crippen LogP) is 13.7. The monoisotopic (exact) mass is 672 g/mol. The SMILES string of the molecule is c1ccc2c(c1)-c1cccc3c(-n4c5ccccc5c5ccc6c7ccc8c9ccccc9oc8c7n(-c7ccc8ccccc8c7)c6c54)ccc-2c13. The van der Waals surface area contributed by atoms with Gasteiger partial charge >= 0.3 is 0 Å². The molecular formula is C50H28N2O. The zero-order valence-electron chi connectivity index (χ0n) is 28.5. The van der Waals surface area contributed by atoms with Crippen molar-refractivity contribution >= 4 is 87.1 Å². The Balaban J connectivity index is 1.26. The fraction of sp³-hybridized carbons (Fsp3) is 0. The number of aromatic nitrogens is 2. The van der Waals surface area contributed by atoms with E-state index in [1.54, 1.807) is 0 Å². The first kappa shape index (κ1) is 27.6. The molecule has 13 rings (SSSR count). The van der Waals surface area contributed by atoms with Crippen molar-refractivity contribution in [3.8, 4) is 33.6 Å². The van der Waals surface area contributed by atoms with Crippen molar-refractivity contribution in [3.63, 3.8) is 0 Å². The zero-order chi connectivity index (χ0) is 34.4. The average molecular weight is 673 g/mol. The number of para-hydroxylation sites is 2. The molecule has 0 spiro atoms. The molecule has 0 aliphatic heterocycles. The molecule has 0 N–H and O–H groups in total. The molecule has 244 valence electrons. The summed E-state index contributed by atoms with van der Waals surface area (Å²) in [6, 6.07) is 62.3. The van der Waals surface area contributed by atoms with Crippen molar-refractivity contribution in [2.45, 2.75) is 0 Å². The standard InChI is InChI=1S/C50H28N2O/c1-2-11-30-28-31(21-20-29(30)10-1)51-47-39(40-24-25-41-35-15-6-8-19-45(35)53-50(41)49(40)51)23-22-38-34-14-5-7-18-43(34)52(48(38)47)44-27-26-37-33-13-4-3-12-32(33)36-16-9-17-42(44)46(36)37/h1-28H. The Labute approximate surface area is 303 Å². The second kappa shape index (κ2) is 9.81. The highest BCUT2D eigenvalue weighted by Crippen LogP contribution is 2.50. The van der Waals surface area contributed by atoms with Gasteiger partial charge in [0.2, 0.25) is 0 Å². The number of furan rings is 1. The summed E-state index contributed by atoms with van der Waals surface area (Å²) < 4.78 is 11.8. The van der Waals surface area contributed by atoms with Crippen LogP contribution in [0.25, 0.3) is 121 Å². The van der Waals surface area contributed by atoms with Crippen LogP contribution < -0.4 is 0 Å². The molecule has 1 aliphatic carbocycles. The topological polar surface area (TPSA) is 23.0 Å². The van der Waals surface area contributed by atoms with Crippen LogP contribution in [0.4, 0.5) is 0 Å². The van der Waals surface area contributed by atoms with Gasteiger partial charge in [-0.2, -0.15) is 0 Å². The average Bonchev–Trinajstić information content (AvgIpc) is 3.95.